The molecule has 2 atom stereocenters. The van der Waals surface area contributed by atoms with E-state index in [0.29, 0.717) is 6.07 Å². The molecule has 2 unspecified atom stereocenters. The minimum Gasteiger partial charge on any atom is -0.502 e. The molecule has 10 heteroatoms. The molecule has 0 spiro atoms. The van der Waals surface area contributed by atoms with Crippen LogP contribution in [-0.4, -0.2) is 45.6 Å². The van der Waals surface area contributed by atoms with E-state index < -0.39 is 40.2 Å². The molecule has 1 aliphatic rings. The molecule has 1 aromatic carbocycles. The van der Waals surface area contributed by atoms with Gasteiger partial charge in [0.2, 0.25) is 5.43 Å². The first-order valence-corrected chi connectivity index (χ1v) is 9.53. The summed E-state index contributed by atoms with van der Waals surface area (Å²) in [5, 5.41) is 12.8. The smallest absolute Gasteiger partial charge is 0.276 e. The minimum absolute atomic E-state index is 0.0180. The fourth-order valence-corrected chi connectivity index (χ4v) is 3.08. The maximum atomic E-state index is 13.8. The Hall–Kier alpha value is -3.69. The number of pyridine rings is 1. The summed E-state index contributed by atoms with van der Waals surface area (Å²) in [6.45, 7) is 3.26. The van der Waals surface area contributed by atoms with Gasteiger partial charge in [-0.15, -0.1) is 0 Å². The van der Waals surface area contributed by atoms with Crippen LogP contribution in [0.5, 0.6) is 5.75 Å². The van der Waals surface area contributed by atoms with E-state index in [1.165, 1.54) is 18.0 Å². The van der Waals surface area contributed by atoms with Crippen molar-refractivity contribution in [1.82, 2.24) is 14.9 Å². The number of aromatic hydroxyl groups is 1. The van der Waals surface area contributed by atoms with E-state index in [-0.39, 0.29) is 29.9 Å². The van der Waals surface area contributed by atoms with Gasteiger partial charge >= 0.3 is 0 Å². The Bertz CT molecular complexity index is 1130. The summed E-state index contributed by atoms with van der Waals surface area (Å²) in [6, 6.07) is 2.29. The molecule has 0 saturated heterocycles. The molecular formula is C21H22F2N4O4. The van der Waals surface area contributed by atoms with Crippen LogP contribution in [0.1, 0.15) is 40.3 Å². The van der Waals surface area contributed by atoms with Crippen LogP contribution in [0.3, 0.4) is 0 Å². The first kappa shape index (κ1) is 22.0. The number of fused-ring (bicyclic) bond motifs is 1. The molecule has 3 N–H and O–H groups in total. The van der Waals surface area contributed by atoms with Gasteiger partial charge in [-0.3, -0.25) is 19.1 Å². The van der Waals surface area contributed by atoms with Crippen LogP contribution in [0.4, 0.5) is 8.78 Å². The van der Waals surface area contributed by atoms with Gasteiger partial charge in [-0.2, -0.15) is 0 Å². The van der Waals surface area contributed by atoms with Crippen molar-refractivity contribution in [2.75, 3.05) is 12.5 Å². The number of nitrogens with one attached hydrogen (secondary N) is 2. The molecule has 0 fully saturated rings. The van der Waals surface area contributed by atoms with E-state index in [0.717, 1.165) is 16.9 Å². The van der Waals surface area contributed by atoms with Gasteiger partial charge in [0.1, 0.15) is 17.2 Å². The number of benzene rings is 1. The maximum Gasteiger partial charge on any atom is 0.276 e. The maximum absolute atomic E-state index is 13.8. The van der Waals surface area contributed by atoms with E-state index in [2.05, 4.69) is 10.7 Å². The fraction of sp³-hybridized carbons (Fsp3) is 0.286. The highest BCUT2D eigenvalue weighted by Gasteiger charge is 2.28. The fourth-order valence-electron chi connectivity index (χ4n) is 3.08. The summed E-state index contributed by atoms with van der Waals surface area (Å²) < 4.78 is 28.0. The molecule has 0 radical (unpaired) electrons. The Morgan fingerprint density at radius 1 is 1.23 bits per heavy atom. The van der Waals surface area contributed by atoms with Crippen LogP contribution in [-0.2, 0) is 6.54 Å². The summed E-state index contributed by atoms with van der Waals surface area (Å²) in [4.78, 5) is 39.4. The van der Waals surface area contributed by atoms with E-state index in [4.69, 9.17) is 0 Å². The van der Waals surface area contributed by atoms with Gasteiger partial charge in [0.15, 0.2) is 11.4 Å². The second-order valence-electron chi connectivity index (χ2n) is 7.32. The first-order valence-electron chi connectivity index (χ1n) is 9.53. The second kappa shape index (κ2) is 8.58. The number of carbonyl (C=O) groups excluding carboxylic acids is 2. The van der Waals surface area contributed by atoms with Crippen molar-refractivity contribution in [3.05, 3.63) is 75.2 Å². The molecule has 2 amide bonds. The van der Waals surface area contributed by atoms with Crippen LogP contribution in [0, 0.1) is 11.6 Å². The van der Waals surface area contributed by atoms with E-state index >= 15 is 0 Å². The standard InChI is InChI=1S/C21H22F2N4O4/c1-11-4-5-12(2)26(3)21(31)17-19(29)18(28)15(10-27(17)25-11)20(30)24-9-13-6-7-14(22)8-16(13)23/h4-8,10-12,25,29H,9H2,1-3H3,(H,24,30)/b5-4-. The molecule has 0 aliphatic carbocycles. The number of carbonyl (C=O) groups is 2. The average Bonchev–Trinajstić information content (AvgIpc) is 2.75. The third kappa shape index (κ3) is 4.42. The van der Waals surface area contributed by atoms with Crippen molar-refractivity contribution in [1.29, 1.82) is 0 Å². The third-order valence-electron chi connectivity index (χ3n) is 5.04. The lowest BCUT2D eigenvalue weighted by Crippen LogP contribution is -2.39. The molecule has 8 nitrogen and oxygen atoms in total. The largest absolute Gasteiger partial charge is 0.502 e. The highest BCUT2D eigenvalue weighted by molar-refractivity contribution is 5.98. The van der Waals surface area contributed by atoms with Crippen LogP contribution >= 0.6 is 0 Å². The van der Waals surface area contributed by atoms with Gasteiger partial charge in [0.25, 0.3) is 11.8 Å². The molecule has 1 aliphatic heterocycles. The summed E-state index contributed by atoms with van der Waals surface area (Å²) in [7, 11) is 1.53. The number of hydrogen-bond donors (Lipinski definition) is 3. The normalized spacial score (nSPS) is 19.5. The molecule has 1 aromatic heterocycles. The average molecular weight is 432 g/mol. The number of halogens is 2. The Morgan fingerprint density at radius 3 is 2.61 bits per heavy atom. The lowest BCUT2D eigenvalue weighted by Gasteiger charge is -2.24. The van der Waals surface area contributed by atoms with E-state index in [1.807, 2.05) is 0 Å². The highest BCUT2D eigenvalue weighted by atomic mass is 19.1. The summed E-state index contributed by atoms with van der Waals surface area (Å²) in [6.07, 6.45) is 4.71. The Kier molecular flexibility index (Phi) is 6.09. The molecule has 31 heavy (non-hydrogen) atoms. The summed E-state index contributed by atoms with van der Waals surface area (Å²) in [5.74, 6) is -4.00. The lowest BCUT2D eigenvalue weighted by molar-refractivity contribution is 0.0755. The van der Waals surface area contributed by atoms with Crippen molar-refractivity contribution in [2.24, 2.45) is 0 Å². The SMILES string of the molecule is CC1/C=C\C(C)N(C)C(=O)c2c(O)c(=O)c(C(=O)NCc3ccc(F)cc3F)cn2N1. The van der Waals surface area contributed by atoms with Crippen LogP contribution < -0.4 is 16.2 Å². The summed E-state index contributed by atoms with van der Waals surface area (Å²) in [5.41, 5.74) is 1.15. The van der Waals surface area contributed by atoms with Gasteiger partial charge in [-0.05, 0) is 19.9 Å². The van der Waals surface area contributed by atoms with E-state index in [9.17, 15) is 28.3 Å². The predicted octanol–water partition coefficient (Wildman–Crippen LogP) is 1.72. The van der Waals surface area contributed by atoms with Gasteiger partial charge in [0, 0.05) is 37.5 Å². The number of aromatic nitrogens is 1. The van der Waals surface area contributed by atoms with Crippen LogP contribution in [0.25, 0.3) is 0 Å². The number of nitrogens with zero attached hydrogens (tertiary/aromatic N) is 2. The van der Waals surface area contributed by atoms with Crippen LogP contribution in [0.15, 0.2) is 41.3 Å². The first-order chi connectivity index (χ1) is 14.6. The van der Waals surface area contributed by atoms with Crippen molar-refractivity contribution in [3.63, 3.8) is 0 Å². The van der Waals surface area contributed by atoms with Crippen LogP contribution in [0.2, 0.25) is 0 Å². The van der Waals surface area contributed by atoms with Gasteiger partial charge in [-0.1, -0.05) is 18.2 Å². The molecule has 2 heterocycles. The minimum atomic E-state index is -1.04. The van der Waals surface area contributed by atoms with Gasteiger partial charge in [0.05, 0.1) is 6.04 Å². The second-order valence-corrected chi connectivity index (χ2v) is 7.32. The molecule has 3 rings (SSSR count). The zero-order valence-corrected chi connectivity index (χ0v) is 17.1. The van der Waals surface area contributed by atoms with E-state index in [1.54, 1.807) is 26.0 Å². The van der Waals surface area contributed by atoms with Crippen molar-refractivity contribution >= 4 is 11.8 Å². The summed E-state index contributed by atoms with van der Waals surface area (Å²) >= 11 is 0. The Balaban J connectivity index is 1.97. The zero-order valence-electron chi connectivity index (χ0n) is 17.1. The number of hydrogen-bond acceptors (Lipinski definition) is 5. The zero-order chi connectivity index (χ0) is 22.9. The highest BCUT2D eigenvalue weighted by Crippen LogP contribution is 2.18. The predicted molar refractivity (Wildman–Crippen MR) is 109 cm³/mol. The van der Waals surface area contributed by atoms with Gasteiger partial charge < -0.3 is 20.7 Å². The van der Waals surface area contributed by atoms with Crippen molar-refractivity contribution in [2.45, 2.75) is 32.5 Å². The lowest BCUT2D eigenvalue weighted by atomic mass is 10.1. The topological polar surface area (TPSA) is 104 Å². The molecule has 0 saturated carbocycles. The molecule has 2 aromatic rings. The monoisotopic (exact) mass is 432 g/mol. The van der Waals surface area contributed by atoms with Crippen molar-refractivity contribution in [3.8, 4) is 5.75 Å². The van der Waals surface area contributed by atoms with Crippen molar-refractivity contribution < 1.29 is 23.5 Å². The number of likely N-dealkylation sites (N-methyl/N-ethyl adjacent to an activating group) is 1. The Morgan fingerprint density at radius 2 is 1.94 bits per heavy atom. The molecule has 0 bridgehead atoms. The quantitative estimate of drug-likeness (QED) is 0.641. The number of amides is 2. The number of rotatable bonds is 3. The molecule has 164 valence electrons. The Labute approximate surface area is 176 Å². The molecular weight excluding hydrogens is 410 g/mol. The van der Waals surface area contributed by atoms with Gasteiger partial charge in [-0.25, -0.2) is 8.78 Å². The third-order valence-corrected chi connectivity index (χ3v) is 5.04.